The van der Waals surface area contributed by atoms with Crippen LogP contribution in [0.15, 0.2) is 0 Å². The lowest BCUT2D eigenvalue weighted by Crippen LogP contribution is -2.43. The first-order valence-electron chi connectivity index (χ1n) is 3.56. The quantitative estimate of drug-likeness (QED) is 0.589. The molecule has 0 spiro atoms. The van der Waals surface area contributed by atoms with Crippen molar-refractivity contribution in [2.24, 2.45) is 5.41 Å². The Bertz CT molecular complexity index is 130. The Morgan fingerprint density at radius 1 is 1.36 bits per heavy atom. The highest BCUT2D eigenvalue weighted by atomic mass is 19.3. The van der Waals surface area contributed by atoms with Crippen molar-refractivity contribution in [1.82, 2.24) is 0 Å². The van der Waals surface area contributed by atoms with E-state index in [9.17, 15) is 8.78 Å². The Morgan fingerprint density at radius 3 is 2.18 bits per heavy atom. The summed E-state index contributed by atoms with van der Waals surface area (Å²) < 4.78 is 34.4. The maximum Gasteiger partial charge on any atom is 0.248 e. The normalized spacial score (nSPS) is 39.5. The number of ether oxygens (including phenoxy) is 2. The minimum atomic E-state index is -2.38. The molecule has 0 atom stereocenters. The third-order valence-electron chi connectivity index (χ3n) is 1.82. The van der Waals surface area contributed by atoms with E-state index in [2.05, 4.69) is 0 Å². The molecule has 0 aromatic rings. The van der Waals surface area contributed by atoms with Crippen molar-refractivity contribution in [2.75, 3.05) is 13.2 Å². The Morgan fingerprint density at radius 2 is 1.82 bits per heavy atom. The summed E-state index contributed by atoms with van der Waals surface area (Å²) in [7, 11) is 0. The molecule has 0 N–H and O–H groups in total. The van der Waals surface area contributed by atoms with Gasteiger partial charge >= 0.3 is 0 Å². The average molecular weight is 166 g/mol. The van der Waals surface area contributed by atoms with E-state index in [0.717, 1.165) is 0 Å². The van der Waals surface area contributed by atoms with Crippen LogP contribution in [0.2, 0.25) is 0 Å². The summed E-state index contributed by atoms with van der Waals surface area (Å²) in [6.45, 7) is 3.31. The molecule has 1 rings (SSSR count). The zero-order valence-electron chi connectivity index (χ0n) is 6.64. The molecule has 1 fully saturated rings. The summed E-state index contributed by atoms with van der Waals surface area (Å²) in [6, 6.07) is 0. The molecule has 11 heavy (non-hydrogen) atoms. The van der Waals surface area contributed by atoms with E-state index in [4.69, 9.17) is 9.47 Å². The fourth-order valence-corrected chi connectivity index (χ4v) is 0.831. The van der Waals surface area contributed by atoms with Gasteiger partial charge in [-0.2, -0.15) is 0 Å². The molecule has 0 amide bonds. The molecule has 0 bridgehead atoms. The van der Waals surface area contributed by atoms with Gasteiger partial charge in [0, 0.05) is 0 Å². The zero-order chi connectivity index (χ0) is 8.48. The molecule has 0 aliphatic carbocycles. The maximum atomic E-state index is 12.3. The molecule has 1 heterocycles. The van der Waals surface area contributed by atoms with Crippen molar-refractivity contribution in [2.45, 2.75) is 26.6 Å². The van der Waals surface area contributed by atoms with Crippen LogP contribution in [0.25, 0.3) is 0 Å². The number of hydrogen-bond acceptors (Lipinski definition) is 2. The molecule has 1 aliphatic rings. The molecule has 0 saturated carbocycles. The molecule has 1 aliphatic heterocycles. The van der Waals surface area contributed by atoms with Gasteiger partial charge in [-0.05, 0) is 13.8 Å². The number of halogens is 2. The van der Waals surface area contributed by atoms with E-state index < -0.39 is 11.8 Å². The molecule has 66 valence electrons. The molecular formula is C7H12F2O2. The molecule has 0 unspecified atom stereocenters. The van der Waals surface area contributed by atoms with Crippen molar-refractivity contribution in [3.63, 3.8) is 0 Å². The van der Waals surface area contributed by atoms with Crippen molar-refractivity contribution in [3.05, 3.63) is 0 Å². The van der Waals surface area contributed by atoms with Crippen LogP contribution in [0.5, 0.6) is 0 Å². The van der Waals surface area contributed by atoms with Crippen molar-refractivity contribution in [3.8, 4) is 0 Å². The van der Waals surface area contributed by atoms with Crippen molar-refractivity contribution in [1.29, 1.82) is 0 Å². The minimum absolute atomic E-state index is 0.0752. The monoisotopic (exact) mass is 166 g/mol. The first kappa shape index (κ1) is 8.87. The Hall–Kier alpha value is -0.220. The highest BCUT2D eigenvalue weighted by Gasteiger charge is 2.39. The van der Waals surface area contributed by atoms with Crippen LogP contribution in [-0.2, 0) is 9.47 Å². The van der Waals surface area contributed by atoms with E-state index in [1.54, 1.807) is 6.92 Å². The summed E-state index contributed by atoms with van der Waals surface area (Å²) in [6.07, 6.45) is -2.73. The van der Waals surface area contributed by atoms with Crippen molar-refractivity contribution < 1.29 is 18.3 Å². The topological polar surface area (TPSA) is 18.5 Å². The van der Waals surface area contributed by atoms with Gasteiger partial charge < -0.3 is 9.47 Å². The van der Waals surface area contributed by atoms with Crippen LogP contribution in [0.4, 0.5) is 8.78 Å². The van der Waals surface area contributed by atoms with Gasteiger partial charge in [-0.1, -0.05) is 0 Å². The molecule has 0 aromatic carbocycles. The second-order valence-electron chi connectivity index (χ2n) is 3.14. The van der Waals surface area contributed by atoms with Gasteiger partial charge in [0.05, 0.1) is 18.6 Å². The first-order valence-corrected chi connectivity index (χ1v) is 3.56. The van der Waals surface area contributed by atoms with Crippen molar-refractivity contribution >= 4 is 0 Å². The van der Waals surface area contributed by atoms with Crippen LogP contribution in [0.3, 0.4) is 0 Å². The van der Waals surface area contributed by atoms with Gasteiger partial charge in [0.25, 0.3) is 0 Å². The van der Waals surface area contributed by atoms with Gasteiger partial charge in [0.2, 0.25) is 6.43 Å². The summed E-state index contributed by atoms with van der Waals surface area (Å²) >= 11 is 0. The highest BCUT2D eigenvalue weighted by Crippen LogP contribution is 2.30. The van der Waals surface area contributed by atoms with E-state index in [1.807, 2.05) is 0 Å². The standard InChI is InChI=1S/C7H12F2O2/c1-5-10-3-7(2,4-11-5)6(8)9/h5-6H,3-4H2,1-2H3. The SMILES string of the molecule is CC1OCC(C)(C(F)F)CO1. The lowest BCUT2D eigenvalue weighted by atomic mass is 9.93. The van der Waals surface area contributed by atoms with E-state index in [0.29, 0.717) is 0 Å². The van der Waals surface area contributed by atoms with Crippen LogP contribution in [-0.4, -0.2) is 25.9 Å². The Kier molecular flexibility index (Phi) is 2.44. The third kappa shape index (κ3) is 1.87. The zero-order valence-corrected chi connectivity index (χ0v) is 6.64. The lowest BCUT2D eigenvalue weighted by molar-refractivity contribution is -0.242. The lowest BCUT2D eigenvalue weighted by Gasteiger charge is -2.35. The summed E-state index contributed by atoms with van der Waals surface area (Å²) in [4.78, 5) is 0. The first-order chi connectivity index (χ1) is 5.04. The van der Waals surface area contributed by atoms with Gasteiger partial charge in [-0.15, -0.1) is 0 Å². The fourth-order valence-electron chi connectivity index (χ4n) is 0.831. The van der Waals surface area contributed by atoms with Crippen LogP contribution < -0.4 is 0 Å². The second kappa shape index (κ2) is 3.03. The molecule has 0 aromatic heterocycles. The Balaban J connectivity index is 2.48. The number of hydrogen-bond donors (Lipinski definition) is 0. The number of rotatable bonds is 1. The second-order valence-corrected chi connectivity index (χ2v) is 3.14. The summed E-state index contributed by atoms with van der Waals surface area (Å²) in [5.74, 6) is 0. The predicted molar refractivity (Wildman–Crippen MR) is 35.5 cm³/mol. The third-order valence-corrected chi connectivity index (χ3v) is 1.82. The van der Waals surface area contributed by atoms with Gasteiger partial charge in [0.15, 0.2) is 6.29 Å². The van der Waals surface area contributed by atoms with Gasteiger partial charge in [-0.3, -0.25) is 0 Å². The average Bonchev–Trinajstić information content (AvgIpc) is 1.95. The Labute approximate surface area is 64.5 Å². The van der Waals surface area contributed by atoms with E-state index >= 15 is 0 Å². The smallest absolute Gasteiger partial charge is 0.248 e. The summed E-state index contributed by atoms with van der Waals surface area (Å²) in [5.41, 5.74) is -1.12. The molecule has 2 nitrogen and oxygen atoms in total. The molecule has 1 saturated heterocycles. The fraction of sp³-hybridized carbons (Fsp3) is 1.00. The van der Waals surface area contributed by atoms with Gasteiger partial charge in [-0.25, -0.2) is 8.78 Å². The molecular weight excluding hydrogens is 154 g/mol. The molecule has 4 heteroatoms. The van der Waals surface area contributed by atoms with E-state index in [-0.39, 0.29) is 19.5 Å². The van der Waals surface area contributed by atoms with Crippen LogP contribution in [0, 0.1) is 5.41 Å². The van der Waals surface area contributed by atoms with Gasteiger partial charge in [0.1, 0.15) is 0 Å². The minimum Gasteiger partial charge on any atom is -0.352 e. The number of alkyl halides is 2. The summed E-state index contributed by atoms with van der Waals surface area (Å²) in [5, 5.41) is 0. The largest absolute Gasteiger partial charge is 0.352 e. The predicted octanol–water partition coefficient (Wildman–Crippen LogP) is 1.65. The van der Waals surface area contributed by atoms with E-state index in [1.165, 1.54) is 6.92 Å². The van der Waals surface area contributed by atoms with Crippen LogP contribution in [0.1, 0.15) is 13.8 Å². The van der Waals surface area contributed by atoms with Crippen LogP contribution >= 0.6 is 0 Å². The molecule has 0 radical (unpaired) electrons. The highest BCUT2D eigenvalue weighted by molar-refractivity contribution is 4.78. The maximum absolute atomic E-state index is 12.3.